The number of hydrogen-bond donors (Lipinski definition) is 1. The molecule has 3 rings (SSSR count). The SMILES string of the molecule is CN(C)c1nc(C2CCCC(CO)C2)nc2ccccc12. The molecule has 4 heteroatoms. The number of hydrogen-bond acceptors (Lipinski definition) is 4. The third kappa shape index (κ3) is 2.86. The molecule has 1 aliphatic rings. The lowest BCUT2D eigenvalue weighted by molar-refractivity contribution is 0.178. The fraction of sp³-hybridized carbons (Fsp3) is 0.529. The van der Waals surface area contributed by atoms with Crippen LogP contribution < -0.4 is 4.90 Å². The van der Waals surface area contributed by atoms with Gasteiger partial charge in [-0.25, -0.2) is 9.97 Å². The van der Waals surface area contributed by atoms with Crippen molar-refractivity contribution >= 4 is 16.7 Å². The maximum atomic E-state index is 9.42. The lowest BCUT2D eigenvalue weighted by Gasteiger charge is -2.27. The molecule has 1 fully saturated rings. The summed E-state index contributed by atoms with van der Waals surface area (Å²) in [7, 11) is 4.05. The monoisotopic (exact) mass is 285 g/mol. The predicted octanol–water partition coefficient (Wildman–Crippen LogP) is 2.96. The average Bonchev–Trinajstić information content (AvgIpc) is 2.53. The van der Waals surface area contributed by atoms with E-state index in [-0.39, 0.29) is 6.61 Å². The summed E-state index contributed by atoms with van der Waals surface area (Å²) in [5.74, 6) is 2.71. The molecular weight excluding hydrogens is 262 g/mol. The zero-order valence-corrected chi connectivity index (χ0v) is 12.8. The van der Waals surface area contributed by atoms with Crippen LogP contribution in [-0.4, -0.2) is 35.8 Å². The van der Waals surface area contributed by atoms with Gasteiger partial charge in [-0.1, -0.05) is 18.6 Å². The number of anilines is 1. The Morgan fingerprint density at radius 1 is 1.19 bits per heavy atom. The zero-order valence-electron chi connectivity index (χ0n) is 12.8. The van der Waals surface area contributed by atoms with Crippen LogP contribution in [0.25, 0.3) is 10.9 Å². The first-order valence-electron chi connectivity index (χ1n) is 7.74. The number of fused-ring (bicyclic) bond motifs is 1. The molecule has 1 aliphatic carbocycles. The summed E-state index contributed by atoms with van der Waals surface area (Å²) >= 11 is 0. The van der Waals surface area contributed by atoms with E-state index in [0.29, 0.717) is 11.8 Å². The second-order valence-electron chi connectivity index (χ2n) is 6.23. The van der Waals surface area contributed by atoms with E-state index in [1.54, 1.807) is 0 Å². The molecule has 0 saturated heterocycles. The summed E-state index contributed by atoms with van der Waals surface area (Å²) in [6.07, 6.45) is 4.41. The minimum absolute atomic E-state index is 0.282. The third-order valence-corrected chi connectivity index (χ3v) is 4.43. The number of aliphatic hydroxyl groups is 1. The highest BCUT2D eigenvalue weighted by atomic mass is 16.3. The zero-order chi connectivity index (χ0) is 14.8. The van der Waals surface area contributed by atoms with E-state index in [1.165, 1.54) is 0 Å². The van der Waals surface area contributed by atoms with Gasteiger partial charge in [0.1, 0.15) is 11.6 Å². The molecule has 1 N–H and O–H groups in total. The van der Waals surface area contributed by atoms with Crippen molar-refractivity contribution in [1.29, 1.82) is 0 Å². The summed E-state index contributed by atoms with van der Waals surface area (Å²) in [5.41, 5.74) is 1.01. The summed E-state index contributed by atoms with van der Waals surface area (Å²) < 4.78 is 0. The standard InChI is InChI=1S/C17H23N3O/c1-20(2)17-14-8-3-4-9-15(14)18-16(19-17)13-7-5-6-12(10-13)11-21/h3-4,8-9,12-13,21H,5-7,10-11H2,1-2H3. The Labute approximate surface area is 125 Å². The Bertz CT molecular complexity index is 626. The van der Waals surface area contributed by atoms with Crippen molar-refractivity contribution in [3.8, 4) is 0 Å². The van der Waals surface area contributed by atoms with Gasteiger partial charge in [0.05, 0.1) is 5.52 Å². The molecule has 0 radical (unpaired) electrons. The van der Waals surface area contributed by atoms with Gasteiger partial charge < -0.3 is 10.0 Å². The number of aromatic nitrogens is 2. The summed E-state index contributed by atoms with van der Waals surface area (Å²) in [6, 6.07) is 8.18. The van der Waals surface area contributed by atoms with E-state index in [1.807, 2.05) is 26.2 Å². The van der Waals surface area contributed by atoms with Crippen LogP contribution in [0, 0.1) is 5.92 Å². The van der Waals surface area contributed by atoms with Gasteiger partial charge in [0, 0.05) is 32.0 Å². The van der Waals surface area contributed by atoms with Gasteiger partial charge in [-0.3, -0.25) is 0 Å². The molecule has 1 aromatic carbocycles. The van der Waals surface area contributed by atoms with E-state index in [4.69, 9.17) is 9.97 Å². The molecule has 4 nitrogen and oxygen atoms in total. The van der Waals surface area contributed by atoms with Crippen molar-refractivity contribution in [2.45, 2.75) is 31.6 Å². The van der Waals surface area contributed by atoms with E-state index < -0.39 is 0 Å². The van der Waals surface area contributed by atoms with Crippen LogP contribution in [0.15, 0.2) is 24.3 Å². The van der Waals surface area contributed by atoms with E-state index in [0.717, 1.165) is 48.2 Å². The van der Waals surface area contributed by atoms with Crippen LogP contribution >= 0.6 is 0 Å². The van der Waals surface area contributed by atoms with Crippen LogP contribution in [0.5, 0.6) is 0 Å². The summed E-state index contributed by atoms with van der Waals surface area (Å²) in [5, 5.41) is 10.5. The van der Waals surface area contributed by atoms with Crippen LogP contribution in [0.1, 0.15) is 37.4 Å². The smallest absolute Gasteiger partial charge is 0.139 e. The molecule has 0 bridgehead atoms. The fourth-order valence-corrected chi connectivity index (χ4v) is 3.29. The second-order valence-corrected chi connectivity index (χ2v) is 6.23. The number of para-hydroxylation sites is 1. The van der Waals surface area contributed by atoms with E-state index >= 15 is 0 Å². The molecule has 2 unspecified atom stereocenters. The molecule has 1 saturated carbocycles. The molecule has 21 heavy (non-hydrogen) atoms. The molecule has 2 aromatic rings. The lowest BCUT2D eigenvalue weighted by Crippen LogP contribution is -2.20. The second kappa shape index (κ2) is 5.98. The number of rotatable bonds is 3. The van der Waals surface area contributed by atoms with Gasteiger partial charge in [-0.05, 0) is 37.3 Å². The number of nitrogens with zero attached hydrogens (tertiary/aromatic N) is 3. The van der Waals surface area contributed by atoms with Gasteiger partial charge in [0.2, 0.25) is 0 Å². The summed E-state index contributed by atoms with van der Waals surface area (Å²) in [4.78, 5) is 11.7. The van der Waals surface area contributed by atoms with Gasteiger partial charge in [0.25, 0.3) is 0 Å². The Morgan fingerprint density at radius 3 is 2.76 bits per heavy atom. The van der Waals surface area contributed by atoms with Crippen LogP contribution in [0.4, 0.5) is 5.82 Å². The molecule has 0 aliphatic heterocycles. The maximum absolute atomic E-state index is 9.42. The largest absolute Gasteiger partial charge is 0.396 e. The Kier molecular flexibility index (Phi) is 4.06. The van der Waals surface area contributed by atoms with Gasteiger partial charge in [-0.2, -0.15) is 0 Å². The highest BCUT2D eigenvalue weighted by Gasteiger charge is 2.25. The predicted molar refractivity (Wildman–Crippen MR) is 85.6 cm³/mol. The van der Waals surface area contributed by atoms with Crippen molar-refractivity contribution in [1.82, 2.24) is 9.97 Å². The fourth-order valence-electron chi connectivity index (χ4n) is 3.29. The first-order valence-corrected chi connectivity index (χ1v) is 7.74. The molecule has 112 valence electrons. The quantitative estimate of drug-likeness (QED) is 0.942. The highest BCUT2D eigenvalue weighted by molar-refractivity contribution is 5.89. The first kappa shape index (κ1) is 14.3. The van der Waals surface area contributed by atoms with Crippen molar-refractivity contribution in [2.24, 2.45) is 5.92 Å². The van der Waals surface area contributed by atoms with Gasteiger partial charge >= 0.3 is 0 Å². The Hall–Kier alpha value is -1.68. The van der Waals surface area contributed by atoms with E-state index in [2.05, 4.69) is 17.0 Å². The minimum atomic E-state index is 0.282. The molecular formula is C17H23N3O. The normalized spacial score (nSPS) is 22.4. The van der Waals surface area contributed by atoms with Crippen LogP contribution in [-0.2, 0) is 0 Å². The topological polar surface area (TPSA) is 49.2 Å². The third-order valence-electron chi connectivity index (χ3n) is 4.43. The number of aliphatic hydroxyl groups excluding tert-OH is 1. The molecule has 1 aromatic heterocycles. The van der Waals surface area contributed by atoms with Crippen LogP contribution in [0.3, 0.4) is 0 Å². The van der Waals surface area contributed by atoms with Crippen LogP contribution in [0.2, 0.25) is 0 Å². The van der Waals surface area contributed by atoms with Crippen molar-refractivity contribution < 1.29 is 5.11 Å². The van der Waals surface area contributed by atoms with Crippen molar-refractivity contribution in [3.63, 3.8) is 0 Å². The minimum Gasteiger partial charge on any atom is -0.396 e. The lowest BCUT2D eigenvalue weighted by atomic mass is 9.81. The molecule has 2 atom stereocenters. The van der Waals surface area contributed by atoms with Crippen molar-refractivity contribution in [2.75, 3.05) is 25.6 Å². The van der Waals surface area contributed by atoms with Gasteiger partial charge in [0.15, 0.2) is 0 Å². The highest BCUT2D eigenvalue weighted by Crippen LogP contribution is 2.36. The average molecular weight is 285 g/mol. The van der Waals surface area contributed by atoms with Gasteiger partial charge in [-0.15, -0.1) is 0 Å². The maximum Gasteiger partial charge on any atom is 0.139 e. The molecule has 1 heterocycles. The molecule has 0 spiro atoms. The first-order chi connectivity index (χ1) is 10.2. The Balaban J connectivity index is 2.02. The molecule has 0 amide bonds. The number of benzene rings is 1. The van der Waals surface area contributed by atoms with E-state index in [9.17, 15) is 5.11 Å². The summed E-state index contributed by atoms with van der Waals surface area (Å²) in [6.45, 7) is 0.282. The Morgan fingerprint density at radius 2 is 2.00 bits per heavy atom. The van der Waals surface area contributed by atoms with Crippen molar-refractivity contribution in [3.05, 3.63) is 30.1 Å².